The molecule has 1 amide bonds. The van der Waals surface area contributed by atoms with E-state index in [1.165, 1.54) is 25.3 Å². The number of hydrogen-bond donors (Lipinski definition) is 2. The van der Waals surface area contributed by atoms with Gasteiger partial charge in [0.15, 0.2) is 11.5 Å². The summed E-state index contributed by atoms with van der Waals surface area (Å²) in [5, 5.41) is 15.6. The first kappa shape index (κ1) is 17.3. The summed E-state index contributed by atoms with van der Waals surface area (Å²) < 4.78 is 10.4. The summed E-state index contributed by atoms with van der Waals surface area (Å²) in [5.74, 6) is 0.565. The van der Waals surface area contributed by atoms with Crippen molar-refractivity contribution >= 4 is 22.9 Å². The lowest BCUT2D eigenvalue weighted by Gasteiger charge is -2.08. The number of benzene rings is 3. The van der Waals surface area contributed by atoms with E-state index < -0.39 is 5.91 Å². The van der Waals surface area contributed by atoms with E-state index in [4.69, 9.17) is 9.47 Å². The topological polar surface area (TPSA) is 80.2 Å². The number of rotatable bonds is 5. The Bertz CT molecular complexity index is 983. The van der Waals surface area contributed by atoms with Crippen molar-refractivity contribution in [2.24, 2.45) is 5.10 Å². The number of carbonyl (C=O) groups excluding carboxylic acids is 1. The molecule has 0 bridgehead atoms. The molecule has 0 unspecified atom stereocenters. The van der Waals surface area contributed by atoms with Gasteiger partial charge in [0.05, 0.1) is 20.4 Å². The molecule has 0 aliphatic heterocycles. The predicted molar refractivity (Wildman–Crippen MR) is 100 cm³/mol. The highest BCUT2D eigenvalue weighted by atomic mass is 16.5. The summed E-state index contributed by atoms with van der Waals surface area (Å²) in [6, 6.07) is 15.9. The molecule has 3 aromatic carbocycles. The van der Waals surface area contributed by atoms with Gasteiger partial charge in [-0.25, -0.2) is 5.43 Å². The Kier molecular flexibility index (Phi) is 5.03. The summed E-state index contributed by atoms with van der Waals surface area (Å²) in [7, 11) is 3.05. The van der Waals surface area contributed by atoms with Crippen LogP contribution in [0.1, 0.15) is 15.9 Å². The molecule has 2 N–H and O–H groups in total. The van der Waals surface area contributed by atoms with E-state index in [0.717, 1.165) is 22.1 Å². The lowest BCUT2D eigenvalue weighted by atomic mass is 10.0. The SMILES string of the molecule is COc1cc(C(=O)NN=Cc2ccc(OC)c3ccccc23)ccc1O. The van der Waals surface area contributed by atoms with Crippen molar-refractivity contribution in [3.63, 3.8) is 0 Å². The van der Waals surface area contributed by atoms with Crippen LogP contribution in [0.5, 0.6) is 17.2 Å². The van der Waals surface area contributed by atoms with Crippen LogP contribution in [0.25, 0.3) is 10.8 Å². The van der Waals surface area contributed by atoms with Crippen LogP contribution >= 0.6 is 0 Å². The molecule has 6 heteroatoms. The second-order valence-corrected chi connectivity index (χ2v) is 5.49. The molecule has 3 rings (SSSR count). The zero-order valence-corrected chi connectivity index (χ0v) is 14.4. The standard InChI is InChI=1S/C20H18N2O4/c1-25-18-10-8-14(15-5-3-4-6-16(15)18)12-21-22-20(24)13-7-9-17(23)19(11-13)26-2/h3-12,23H,1-2H3,(H,22,24). The van der Waals surface area contributed by atoms with E-state index in [1.54, 1.807) is 13.3 Å². The lowest BCUT2D eigenvalue weighted by molar-refractivity contribution is 0.0954. The average molecular weight is 350 g/mol. The molecule has 0 radical (unpaired) electrons. The number of nitrogens with one attached hydrogen (secondary N) is 1. The number of nitrogens with zero attached hydrogens (tertiary/aromatic N) is 1. The van der Waals surface area contributed by atoms with E-state index in [9.17, 15) is 9.90 Å². The minimum atomic E-state index is -0.405. The molecule has 0 aromatic heterocycles. The maximum Gasteiger partial charge on any atom is 0.271 e. The number of ether oxygens (including phenoxy) is 2. The van der Waals surface area contributed by atoms with Crippen molar-refractivity contribution in [3.8, 4) is 17.2 Å². The van der Waals surface area contributed by atoms with Gasteiger partial charge in [0.25, 0.3) is 5.91 Å². The Balaban J connectivity index is 1.81. The zero-order chi connectivity index (χ0) is 18.5. The number of aromatic hydroxyl groups is 1. The van der Waals surface area contributed by atoms with Crippen molar-refractivity contribution in [1.29, 1.82) is 0 Å². The third-order valence-corrected chi connectivity index (χ3v) is 3.95. The Morgan fingerprint density at radius 1 is 1.00 bits per heavy atom. The zero-order valence-electron chi connectivity index (χ0n) is 14.4. The molecule has 0 heterocycles. The van der Waals surface area contributed by atoms with Crippen LogP contribution in [-0.4, -0.2) is 31.4 Å². The molecule has 26 heavy (non-hydrogen) atoms. The van der Waals surface area contributed by atoms with Crippen molar-refractivity contribution in [2.75, 3.05) is 14.2 Å². The third kappa shape index (κ3) is 3.44. The van der Waals surface area contributed by atoms with Crippen LogP contribution in [0, 0.1) is 0 Å². The van der Waals surface area contributed by atoms with Crippen molar-refractivity contribution in [3.05, 3.63) is 65.7 Å². The number of carbonyl (C=O) groups is 1. The molecular formula is C20H18N2O4. The van der Waals surface area contributed by atoms with Gasteiger partial charge in [-0.2, -0.15) is 5.10 Å². The van der Waals surface area contributed by atoms with Crippen LogP contribution in [0.2, 0.25) is 0 Å². The molecule has 0 saturated heterocycles. The summed E-state index contributed by atoms with van der Waals surface area (Å²) in [4.78, 5) is 12.2. The Morgan fingerprint density at radius 3 is 2.46 bits per heavy atom. The Labute approximate surface area is 150 Å². The molecule has 0 spiro atoms. The van der Waals surface area contributed by atoms with E-state index >= 15 is 0 Å². The van der Waals surface area contributed by atoms with Crippen LogP contribution in [0.4, 0.5) is 0 Å². The number of fused-ring (bicyclic) bond motifs is 1. The number of amides is 1. The molecule has 0 aliphatic carbocycles. The highest BCUT2D eigenvalue weighted by molar-refractivity contribution is 6.03. The van der Waals surface area contributed by atoms with Gasteiger partial charge < -0.3 is 14.6 Å². The summed E-state index contributed by atoms with van der Waals surface area (Å²) in [5.41, 5.74) is 3.66. The summed E-state index contributed by atoms with van der Waals surface area (Å²) >= 11 is 0. The van der Waals surface area contributed by atoms with Crippen LogP contribution in [0.15, 0.2) is 59.7 Å². The molecule has 0 atom stereocenters. The number of hydrazone groups is 1. The van der Waals surface area contributed by atoms with Crippen LogP contribution in [-0.2, 0) is 0 Å². The second-order valence-electron chi connectivity index (χ2n) is 5.49. The van der Waals surface area contributed by atoms with Gasteiger partial charge in [0.1, 0.15) is 5.75 Å². The molecule has 0 aliphatic rings. The first-order valence-electron chi connectivity index (χ1n) is 7.90. The normalized spacial score (nSPS) is 10.8. The smallest absolute Gasteiger partial charge is 0.271 e. The van der Waals surface area contributed by atoms with Crippen molar-refractivity contribution in [1.82, 2.24) is 5.43 Å². The van der Waals surface area contributed by atoms with E-state index in [0.29, 0.717) is 5.56 Å². The van der Waals surface area contributed by atoms with Crippen molar-refractivity contribution in [2.45, 2.75) is 0 Å². The quantitative estimate of drug-likeness (QED) is 0.546. The summed E-state index contributed by atoms with van der Waals surface area (Å²) in [6.45, 7) is 0. The first-order chi connectivity index (χ1) is 12.6. The molecule has 132 valence electrons. The first-order valence-corrected chi connectivity index (χ1v) is 7.90. The van der Waals surface area contributed by atoms with Gasteiger partial charge in [0.2, 0.25) is 0 Å². The molecule has 0 saturated carbocycles. The van der Waals surface area contributed by atoms with Gasteiger partial charge in [-0.1, -0.05) is 24.3 Å². The predicted octanol–water partition coefficient (Wildman–Crippen LogP) is 3.33. The van der Waals surface area contributed by atoms with E-state index in [2.05, 4.69) is 10.5 Å². The van der Waals surface area contributed by atoms with Crippen molar-refractivity contribution < 1.29 is 19.4 Å². The van der Waals surface area contributed by atoms with Gasteiger partial charge in [0, 0.05) is 16.5 Å². The molecule has 6 nitrogen and oxygen atoms in total. The number of methoxy groups -OCH3 is 2. The van der Waals surface area contributed by atoms with E-state index in [-0.39, 0.29) is 11.5 Å². The fourth-order valence-corrected chi connectivity index (χ4v) is 2.63. The Hall–Kier alpha value is -3.54. The maximum absolute atomic E-state index is 12.2. The molecule has 0 fully saturated rings. The molecular weight excluding hydrogens is 332 g/mol. The fraction of sp³-hybridized carbons (Fsp3) is 0.100. The monoisotopic (exact) mass is 350 g/mol. The maximum atomic E-state index is 12.2. The lowest BCUT2D eigenvalue weighted by Crippen LogP contribution is -2.17. The number of phenols is 1. The van der Waals surface area contributed by atoms with Gasteiger partial charge in [-0.15, -0.1) is 0 Å². The van der Waals surface area contributed by atoms with Gasteiger partial charge in [-0.3, -0.25) is 4.79 Å². The summed E-state index contributed by atoms with van der Waals surface area (Å²) in [6.07, 6.45) is 1.58. The van der Waals surface area contributed by atoms with Gasteiger partial charge in [-0.05, 0) is 35.7 Å². The van der Waals surface area contributed by atoms with Crippen LogP contribution in [0.3, 0.4) is 0 Å². The van der Waals surface area contributed by atoms with Crippen LogP contribution < -0.4 is 14.9 Å². The highest BCUT2D eigenvalue weighted by Crippen LogP contribution is 2.28. The minimum Gasteiger partial charge on any atom is -0.504 e. The third-order valence-electron chi connectivity index (χ3n) is 3.95. The Morgan fingerprint density at radius 2 is 1.73 bits per heavy atom. The number of hydrogen-bond acceptors (Lipinski definition) is 5. The second kappa shape index (κ2) is 7.57. The van der Waals surface area contributed by atoms with E-state index in [1.807, 2.05) is 36.4 Å². The van der Waals surface area contributed by atoms with Gasteiger partial charge >= 0.3 is 0 Å². The fourth-order valence-electron chi connectivity index (χ4n) is 2.63. The average Bonchev–Trinajstić information content (AvgIpc) is 2.68. The minimum absolute atomic E-state index is 0.0303. The number of phenolic OH excluding ortho intramolecular Hbond substituents is 1. The highest BCUT2D eigenvalue weighted by Gasteiger charge is 2.09. The largest absolute Gasteiger partial charge is 0.504 e. The molecule has 3 aromatic rings.